The molecule has 0 amide bonds. The van der Waals surface area contributed by atoms with Crippen molar-refractivity contribution in [3.8, 4) is 0 Å². The number of rotatable bonds is 12. The van der Waals surface area contributed by atoms with Crippen LogP contribution in [0, 0.1) is 5.92 Å². The Hall–Kier alpha value is -1.06. The van der Waals surface area contributed by atoms with Gasteiger partial charge in [-0.25, -0.2) is 0 Å². The zero-order valence-corrected chi connectivity index (χ0v) is 12.3. The number of carboxylic acids is 1. The summed E-state index contributed by atoms with van der Waals surface area (Å²) in [6, 6.07) is 0. The molecule has 0 radical (unpaired) electrons. The summed E-state index contributed by atoms with van der Waals surface area (Å²) in [5.41, 5.74) is 0. The third kappa shape index (κ3) is 14.9. The first-order chi connectivity index (χ1) is 9.02. The van der Waals surface area contributed by atoms with Gasteiger partial charge in [-0.15, -0.1) is 0 Å². The molecule has 0 atom stereocenters. The molecule has 0 heterocycles. The molecule has 112 valence electrons. The molecule has 0 aromatic heterocycles. The lowest BCUT2D eigenvalue weighted by atomic mass is 10.1. The van der Waals surface area contributed by atoms with Gasteiger partial charge in [0.05, 0.1) is 6.61 Å². The van der Waals surface area contributed by atoms with Crippen molar-refractivity contribution in [2.24, 2.45) is 5.92 Å². The van der Waals surface area contributed by atoms with Gasteiger partial charge in [-0.3, -0.25) is 9.59 Å². The molecule has 0 saturated carbocycles. The summed E-state index contributed by atoms with van der Waals surface area (Å²) in [6.45, 7) is 4.75. The molecule has 0 aromatic carbocycles. The van der Waals surface area contributed by atoms with Gasteiger partial charge in [0.1, 0.15) is 0 Å². The van der Waals surface area contributed by atoms with Crippen molar-refractivity contribution in [2.75, 3.05) is 6.61 Å². The van der Waals surface area contributed by atoms with E-state index in [4.69, 9.17) is 9.84 Å². The Kier molecular flexibility index (Phi) is 11.3. The fraction of sp³-hybridized carbons (Fsp3) is 0.867. The fourth-order valence-electron chi connectivity index (χ4n) is 1.73. The number of aliphatic carboxylic acids is 1. The molecule has 0 unspecified atom stereocenters. The molecule has 0 bridgehead atoms. The number of carbonyl (C=O) groups excluding carboxylic acids is 1. The number of hydrogen-bond donors (Lipinski definition) is 1. The van der Waals surface area contributed by atoms with Gasteiger partial charge in [-0.2, -0.15) is 0 Å². The molecular formula is C15H28O4. The van der Waals surface area contributed by atoms with Crippen LogP contribution in [0.1, 0.15) is 71.6 Å². The Morgan fingerprint density at radius 2 is 1.47 bits per heavy atom. The minimum atomic E-state index is -0.718. The monoisotopic (exact) mass is 272 g/mol. The molecule has 4 nitrogen and oxygen atoms in total. The first-order valence-corrected chi connectivity index (χ1v) is 7.39. The second-order valence-electron chi connectivity index (χ2n) is 5.42. The molecule has 0 aliphatic rings. The highest BCUT2D eigenvalue weighted by Gasteiger charge is 2.03. The van der Waals surface area contributed by atoms with E-state index < -0.39 is 5.97 Å². The zero-order chi connectivity index (χ0) is 14.5. The molecule has 0 aliphatic carbocycles. The first kappa shape index (κ1) is 17.9. The van der Waals surface area contributed by atoms with Crippen molar-refractivity contribution in [1.29, 1.82) is 0 Å². The molecule has 0 rings (SSSR count). The summed E-state index contributed by atoms with van der Waals surface area (Å²) in [6.07, 6.45) is 7.43. The molecule has 1 N–H and O–H groups in total. The van der Waals surface area contributed by atoms with Gasteiger partial charge >= 0.3 is 11.9 Å². The molecule has 0 aromatic rings. The first-order valence-electron chi connectivity index (χ1n) is 7.39. The predicted molar refractivity (Wildman–Crippen MR) is 75.0 cm³/mol. The highest BCUT2D eigenvalue weighted by atomic mass is 16.5. The van der Waals surface area contributed by atoms with Crippen molar-refractivity contribution >= 4 is 11.9 Å². The van der Waals surface area contributed by atoms with Crippen molar-refractivity contribution in [3.05, 3.63) is 0 Å². The molecule has 0 fully saturated rings. The molecule has 0 spiro atoms. The summed E-state index contributed by atoms with van der Waals surface area (Å²) in [5, 5.41) is 8.47. The van der Waals surface area contributed by atoms with Crippen LogP contribution in [0.5, 0.6) is 0 Å². The van der Waals surface area contributed by atoms with Crippen LogP contribution < -0.4 is 0 Å². The van der Waals surface area contributed by atoms with E-state index in [1.807, 2.05) is 0 Å². The van der Waals surface area contributed by atoms with Gasteiger partial charge in [-0.05, 0) is 25.2 Å². The summed E-state index contributed by atoms with van der Waals surface area (Å²) in [4.78, 5) is 21.6. The number of esters is 1. The fourth-order valence-corrected chi connectivity index (χ4v) is 1.73. The topological polar surface area (TPSA) is 63.6 Å². The SMILES string of the molecule is CC(C)CCOC(=O)CCCCCCCCC(=O)O. The zero-order valence-electron chi connectivity index (χ0n) is 12.3. The summed E-state index contributed by atoms with van der Waals surface area (Å²) in [5.74, 6) is -0.241. The molecule has 4 heteroatoms. The number of ether oxygens (including phenoxy) is 1. The lowest BCUT2D eigenvalue weighted by Crippen LogP contribution is -2.07. The largest absolute Gasteiger partial charge is 0.481 e. The van der Waals surface area contributed by atoms with Gasteiger partial charge in [0.2, 0.25) is 0 Å². The van der Waals surface area contributed by atoms with Gasteiger partial charge in [0.15, 0.2) is 0 Å². The van der Waals surface area contributed by atoms with Crippen LogP contribution in [-0.4, -0.2) is 23.7 Å². The highest BCUT2D eigenvalue weighted by Crippen LogP contribution is 2.09. The van der Waals surface area contributed by atoms with E-state index in [2.05, 4.69) is 13.8 Å². The number of carboxylic acid groups (broad SMARTS) is 1. The average molecular weight is 272 g/mol. The van der Waals surface area contributed by atoms with Crippen LogP contribution in [0.2, 0.25) is 0 Å². The number of carbonyl (C=O) groups is 2. The lowest BCUT2D eigenvalue weighted by molar-refractivity contribution is -0.144. The maximum Gasteiger partial charge on any atom is 0.305 e. The molecular weight excluding hydrogens is 244 g/mol. The Bertz CT molecular complexity index is 249. The predicted octanol–water partition coefficient (Wildman–Crippen LogP) is 3.78. The van der Waals surface area contributed by atoms with E-state index in [1.165, 1.54) is 0 Å². The Morgan fingerprint density at radius 1 is 0.947 bits per heavy atom. The van der Waals surface area contributed by atoms with Gasteiger partial charge < -0.3 is 9.84 Å². The van der Waals surface area contributed by atoms with E-state index >= 15 is 0 Å². The molecule has 0 saturated heterocycles. The number of hydrogen-bond acceptors (Lipinski definition) is 3. The van der Waals surface area contributed by atoms with E-state index in [-0.39, 0.29) is 12.4 Å². The van der Waals surface area contributed by atoms with Crippen LogP contribution in [0.25, 0.3) is 0 Å². The Labute approximate surface area is 116 Å². The van der Waals surface area contributed by atoms with Crippen LogP contribution in [-0.2, 0) is 14.3 Å². The highest BCUT2D eigenvalue weighted by molar-refractivity contribution is 5.69. The van der Waals surface area contributed by atoms with Crippen LogP contribution in [0.3, 0.4) is 0 Å². The van der Waals surface area contributed by atoms with Crippen molar-refractivity contribution in [2.45, 2.75) is 71.6 Å². The van der Waals surface area contributed by atoms with E-state index in [0.29, 0.717) is 18.9 Å². The van der Waals surface area contributed by atoms with Crippen molar-refractivity contribution in [3.63, 3.8) is 0 Å². The quantitative estimate of drug-likeness (QED) is 0.434. The summed E-state index contributed by atoms with van der Waals surface area (Å²) >= 11 is 0. The molecule has 0 aliphatic heterocycles. The maximum atomic E-state index is 11.3. The third-order valence-corrected chi connectivity index (χ3v) is 2.98. The Morgan fingerprint density at radius 3 is 2.00 bits per heavy atom. The average Bonchev–Trinajstić information content (AvgIpc) is 2.31. The van der Waals surface area contributed by atoms with Gasteiger partial charge in [-0.1, -0.05) is 39.5 Å². The van der Waals surface area contributed by atoms with E-state index in [1.54, 1.807) is 0 Å². The second-order valence-corrected chi connectivity index (χ2v) is 5.42. The van der Waals surface area contributed by atoms with Crippen LogP contribution in [0.4, 0.5) is 0 Å². The second kappa shape index (κ2) is 12.0. The summed E-state index contributed by atoms with van der Waals surface area (Å²) in [7, 11) is 0. The standard InChI is InChI=1S/C15H28O4/c1-13(2)11-12-19-15(18)10-8-6-4-3-5-7-9-14(16)17/h13H,3-12H2,1-2H3,(H,16,17). The normalized spacial score (nSPS) is 10.7. The van der Waals surface area contributed by atoms with Crippen LogP contribution >= 0.6 is 0 Å². The Balaban J connectivity index is 3.20. The molecule has 19 heavy (non-hydrogen) atoms. The summed E-state index contributed by atoms with van der Waals surface area (Å²) < 4.78 is 5.12. The van der Waals surface area contributed by atoms with Crippen LogP contribution in [0.15, 0.2) is 0 Å². The minimum Gasteiger partial charge on any atom is -0.481 e. The third-order valence-electron chi connectivity index (χ3n) is 2.98. The van der Waals surface area contributed by atoms with Gasteiger partial charge in [0, 0.05) is 12.8 Å². The maximum absolute atomic E-state index is 11.3. The van der Waals surface area contributed by atoms with Crippen molar-refractivity contribution < 1.29 is 19.4 Å². The minimum absolute atomic E-state index is 0.0912. The van der Waals surface area contributed by atoms with Crippen molar-refractivity contribution in [1.82, 2.24) is 0 Å². The number of unbranched alkanes of at least 4 members (excludes halogenated alkanes) is 5. The van der Waals surface area contributed by atoms with E-state index in [9.17, 15) is 9.59 Å². The van der Waals surface area contributed by atoms with E-state index in [0.717, 1.165) is 44.9 Å². The van der Waals surface area contributed by atoms with Gasteiger partial charge in [0.25, 0.3) is 0 Å². The lowest BCUT2D eigenvalue weighted by Gasteiger charge is -2.06. The smallest absolute Gasteiger partial charge is 0.305 e.